The van der Waals surface area contributed by atoms with Gasteiger partial charge in [-0.3, -0.25) is 9.59 Å². The maximum Gasteiger partial charge on any atom is 0.305 e. The van der Waals surface area contributed by atoms with E-state index in [-0.39, 0.29) is 25.0 Å². The van der Waals surface area contributed by atoms with Gasteiger partial charge in [0.15, 0.2) is 0 Å². The lowest BCUT2D eigenvalue weighted by Gasteiger charge is -2.19. The third-order valence-electron chi connectivity index (χ3n) is 4.89. The molecule has 1 aromatic heterocycles. The third kappa shape index (κ3) is 6.37. The number of ether oxygens (including phenoxy) is 1. The molecule has 0 saturated carbocycles. The van der Waals surface area contributed by atoms with E-state index >= 15 is 0 Å². The third-order valence-corrected chi connectivity index (χ3v) is 5.58. The number of carboxylic acid groups (broad SMARTS) is 1. The van der Waals surface area contributed by atoms with Crippen molar-refractivity contribution in [2.45, 2.75) is 37.2 Å². The summed E-state index contributed by atoms with van der Waals surface area (Å²) in [5.74, 6) is -0.466. The molecule has 0 saturated heterocycles. The Morgan fingerprint density at radius 1 is 1.16 bits per heavy atom. The number of carboxylic acids is 1. The molecule has 3 rings (SSSR count). The Bertz CT molecular complexity index is 1030. The second-order valence-corrected chi connectivity index (χ2v) is 8.12. The number of carbonyl (C=O) groups is 2. The molecule has 1 unspecified atom stereocenters. The number of hydrogen-bond acceptors (Lipinski definition) is 5. The van der Waals surface area contributed by atoms with Crippen LogP contribution in [0.4, 0.5) is 0 Å². The highest BCUT2D eigenvalue weighted by atomic mass is 32.2. The van der Waals surface area contributed by atoms with Crippen molar-refractivity contribution in [3.63, 3.8) is 0 Å². The Kier molecular flexibility index (Phi) is 8.33. The van der Waals surface area contributed by atoms with Crippen molar-refractivity contribution >= 4 is 23.6 Å². The highest BCUT2D eigenvalue weighted by Crippen LogP contribution is 2.27. The van der Waals surface area contributed by atoms with Crippen LogP contribution in [-0.4, -0.2) is 39.6 Å². The van der Waals surface area contributed by atoms with Crippen LogP contribution in [0.5, 0.6) is 5.75 Å². The lowest BCUT2D eigenvalue weighted by atomic mass is 10.0. The molecule has 2 aromatic carbocycles. The lowest BCUT2D eigenvalue weighted by molar-refractivity contribution is -0.136. The van der Waals surface area contributed by atoms with Gasteiger partial charge in [0.1, 0.15) is 11.9 Å². The molecule has 32 heavy (non-hydrogen) atoms. The summed E-state index contributed by atoms with van der Waals surface area (Å²) in [6, 6.07) is 15.1. The molecular formula is C24H27N3O4S. The van der Waals surface area contributed by atoms with Crippen molar-refractivity contribution in [3.8, 4) is 11.4 Å². The van der Waals surface area contributed by atoms with Crippen molar-refractivity contribution in [1.29, 1.82) is 0 Å². The minimum atomic E-state index is -0.942. The number of carbonyl (C=O) groups excluding carboxylic acids is 1. The molecule has 0 radical (unpaired) electrons. The van der Waals surface area contributed by atoms with Gasteiger partial charge in [-0.25, -0.2) is 4.68 Å². The Morgan fingerprint density at radius 3 is 2.47 bits per heavy atom. The van der Waals surface area contributed by atoms with E-state index in [2.05, 4.69) is 17.3 Å². The number of rotatable bonds is 11. The average molecular weight is 454 g/mol. The Morgan fingerprint density at radius 2 is 1.88 bits per heavy atom. The van der Waals surface area contributed by atoms with Crippen molar-refractivity contribution in [2.75, 3.05) is 12.8 Å². The molecule has 0 aliphatic rings. The van der Waals surface area contributed by atoms with Gasteiger partial charge in [0.05, 0.1) is 18.3 Å². The van der Waals surface area contributed by atoms with Crippen LogP contribution in [0.2, 0.25) is 0 Å². The minimum absolute atomic E-state index is 0.102. The number of aliphatic carboxylic acids is 1. The summed E-state index contributed by atoms with van der Waals surface area (Å²) in [6.07, 6.45) is 7.39. The van der Waals surface area contributed by atoms with Crippen LogP contribution in [0.1, 0.15) is 48.2 Å². The molecule has 168 valence electrons. The molecule has 0 bridgehead atoms. The first-order valence-electron chi connectivity index (χ1n) is 10.5. The highest BCUT2D eigenvalue weighted by Gasteiger charge is 2.14. The maximum atomic E-state index is 12.1. The van der Waals surface area contributed by atoms with Crippen molar-refractivity contribution in [1.82, 2.24) is 15.1 Å². The molecule has 0 aliphatic heterocycles. The molecule has 0 spiro atoms. The van der Waals surface area contributed by atoms with Crippen molar-refractivity contribution in [2.24, 2.45) is 0 Å². The highest BCUT2D eigenvalue weighted by molar-refractivity contribution is 7.98. The monoisotopic (exact) mass is 453 g/mol. The summed E-state index contributed by atoms with van der Waals surface area (Å²) < 4.78 is 8.08. The van der Waals surface area contributed by atoms with E-state index in [1.54, 1.807) is 23.9 Å². The zero-order valence-corrected chi connectivity index (χ0v) is 19.0. The van der Waals surface area contributed by atoms with E-state index in [0.29, 0.717) is 5.56 Å². The van der Waals surface area contributed by atoms with Crippen LogP contribution < -0.4 is 10.1 Å². The maximum absolute atomic E-state index is 12.1. The van der Waals surface area contributed by atoms with Gasteiger partial charge in [-0.05, 0) is 54.6 Å². The van der Waals surface area contributed by atoms with Crippen LogP contribution in [0.3, 0.4) is 0 Å². The van der Waals surface area contributed by atoms with Gasteiger partial charge in [-0.1, -0.05) is 25.5 Å². The predicted molar refractivity (Wildman–Crippen MR) is 125 cm³/mol. The number of nitrogens with one attached hydrogen (secondary N) is 1. The topological polar surface area (TPSA) is 93.5 Å². The average Bonchev–Trinajstić information content (AvgIpc) is 3.28. The first-order valence-corrected chi connectivity index (χ1v) is 11.7. The Balaban J connectivity index is 1.65. The molecular weight excluding hydrogens is 426 g/mol. The first kappa shape index (κ1) is 23.4. The van der Waals surface area contributed by atoms with Gasteiger partial charge in [-0.2, -0.15) is 5.10 Å². The lowest BCUT2D eigenvalue weighted by Crippen LogP contribution is -2.26. The minimum Gasteiger partial charge on any atom is -0.486 e. The largest absolute Gasteiger partial charge is 0.486 e. The SMILES string of the molecule is CCCC(Oc1ccc(-n2cc(SC)cn2)cc1)c1ccc(C(=O)NCCC(=O)O)cc1. The summed E-state index contributed by atoms with van der Waals surface area (Å²) in [6.45, 7) is 2.20. The van der Waals surface area contributed by atoms with E-state index in [9.17, 15) is 9.59 Å². The summed E-state index contributed by atoms with van der Waals surface area (Å²) in [5, 5.41) is 15.7. The predicted octanol–water partition coefficient (Wildman–Crippen LogP) is 4.72. The van der Waals surface area contributed by atoms with Crippen molar-refractivity contribution in [3.05, 3.63) is 72.1 Å². The number of thioether (sulfide) groups is 1. The molecule has 7 nitrogen and oxygen atoms in total. The summed E-state index contributed by atoms with van der Waals surface area (Å²) >= 11 is 1.65. The second kappa shape index (κ2) is 11.4. The van der Waals surface area contributed by atoms with Crippen molar-refractivity contribution < 1.29 is 19.4 Å². The number of hydrogen-bond donors (Lipinski definition) is 2. The van der Waals surface area contributed by atoms with Gasteiger partial charge in [-0.15, -0.1) is 11.8 Å². The van der Waals surface area contributed by atoms with Gasteiger partial charge in [0.25, 0.3) is 5.91 Å². The van der Waals surface area contributed by atoms with Gasteiger partial charge >= 0.3 is 5.97 Å². The summed E-state index contributed by atoms with van der Waals surface area (Å²) in [5.41, 5.74) is 2.43. The van der Waals surface area contributed by atoms with Gasteiger partial charge in [0.2, 0.25) is 0 Å². The number of amides is 1. The molecule has 1 amide bonds. The normalized spacial score (nSPS) is 11.7. The molecule has 2 N–H and O–H groups in total. The number of aromatic nitrogens is 2. The summed E-state index contributed by atoms with van der Waals surface area (Å²) in [7, 11) is 0. The van der Waals surface area contributed by atoms with E-state index in [1.165, 1.54) is 0 Å². The van der Waals surface area contributed by atoms with E-state index < -0.39 is 5.97 Å². The first-order chi connectivity index (χ1) is 15.5. The Labute approximate surface area is 191 Å². The fourth-order valence-electron chi connectivity index (χ4n) is 3.18. The Hall–Kier alpha value is -3.26. The number of nitrogens with zero attached hydrogens (tertiary/aromatic N) is 2. The number of benzene rings is 2. The van der Waals surface area contributed by atoms with Crippen LogP contribution in [0.15, 0.2) is 65.8 Å². The van der Waals surface area contributed by atoms with Gasteiger partial charge in [0, 0.05) is 23.2 Å². The van der Waals surface area contributed by atoms with Crippen LogP contribution >= 0.6 is 11.8 Å². The quantitative estimate of drug-likeness (QED) is 0.408. The zero-order chi connectivity index (χ0) is 22.9. The molecule has 1 atom stereocenters. The molecule has 0 fully saturated rings. The van der Waals surface area contributed by atoms with E-state index in [0.717, 1.165) is 34.7 Å². The summed E-state index contributed by atoms with van der Waals surface area (Å²) in [4.78, 5) is 23.8. The van der Waals surface area contributed by atoms with Crippen LogP contribution in [-0.2, 0) is 4.79 Å². The van der Waals surface area contributed by atoms with E-state index in [1.807, 2.05) is 59.7 Å². The molecule has 8 heteroatoms. The molecule has 0 aliphatic carbocycles. The van der Waals surface area contributed by atoms with E-state index in [4.69, 9.17) is 9.84 Å². The van der Waals surface area contributed by atoms with Crippen LogP contribution in [0.25, 0.3) is 5.69 Å². The van der Waals surface area contributed by atoms with Crippen LogP contribution in [0, 0.1) is 0 Å². The fraction of sp³-hybridized carbons (Fsp3) is 0.292. The standard InChI is InChI=1S/C24H27N3O4S/c1-3-4-22(17-5-7-18(8-6-17)24(30)25-14-13-23(28)29)31-20-11-9-19(10-12-20)27-16-21(32-2)15-26-27/h5-12,15-16,22H,3-4,13-14H2,1-2H3,(H,25,30)(H,28,29). The van der Waals surface area contributed by atoms with Gasteiger partial charge < -0.3 is 15.2 Å². The fourth-order valence-corrected chi connectivity index (χ4v) is 3.54. The smallest absolute Gasteiger partial charge is 0.305 e. The second-order valence-electron chi connectivity index (χ2n) is 7.24. The zero-order valence-electron chi connectivity index (χ0n) is 18.2. The molecule has 1 heterocycles. The molecule has 3 aromatic rings.